The van der Waals surface area contributed by atoms with Crippen LogP contribution < -0.4 is 5.69 Å². The van der Waals surface area contributed by atoms with Gasteiger partial charge in [0.15, 0.2) is 11.5 Å². The third kappa shape index (κ3) is 2.97. The quantitative estimate of drug-likeness (QED) is 0.685. The van der Waals surface area contributed by atoms with Gasteiger partial charge in [0.1, 0.15) is 17.9 Å². The largest absolute Gasteiger partial charge is 0.374 e. The van der Waals surface area contributed by atoms with Gasteiger partial charge in [0.05, 0.1) is 6.20 Å². The number of benzene rings is 1. The lowest BCUT2D eigenvalue weighted by atomic mass is 9.91. The highest BCUT2D eigenvalue weighted by atomic mass is 19.1. The summed E-state index contributed by atoms with van der Waals surface area (Å²) < 4.78 is 21.6. The van der Waals surface area contributed by atoms with E-state index in [1.165, 1.54) is 21.7 Å². The molecule has 0 spiro atoms. The standard InChI is InChI=1S/C19H20FN5O3/c1-3-28-11-16-21-8-15-17(22-16)23(2)18(26)25(15)19(27)24-9-12(10-24)13-6-4-5-7-14(13)20/h4-8,12H,3,9-11H2,1-2H3. The van der Waals surface area contributed by atoms with Crippen molar-refractivity contribution in [2.24, 2.45) is 7.05 Å². The molecule has 4 rings (SSSR count). The molecule has 1 aliphatic rings. The first kappa shape index (κ1) is 18.3. The van der Waals surface area contributed by atoms with Crippen LogP contribution in [0, 0.1) is 5.82 Å². The zero-order valence-corrected chi connectivity index (χ0v) is 15.6. The molecule has 0 atom stereocenters. The number of amides is 1. The summed E-state index contributed by atoms with van der Waals surface area (Å²) in [5.41, 5.74) is 0.805. The maximum Gasteiger partial charge on any atom is 0.338 e. The Labute approximate surface area is 160 Å². The Morgan fingerprint density at radius 3 is 2.79 bits per heavy atom. The summed E-state index contributed by atoms with van der Waals surface area (Å²) >= 11 is 0. The fourth-order valence-electron chi connectivity index (χ4n) is 3.38. The molecular formula is C19H20FN5O3. The van der Waals surface area contributed by atoms with E-state index in [1.807, 2.05) is 6.92 Å². The van der Waals surface area contributed by atoms with E-state index in [1.54, 1.807) is 25.2 Å². The van der Waals surface area contributed by atoms with Crippen LogP contribution in [0.15, 0.2) is 35.3 Å². The molecule has 1 saturated heterocycles. The number of fused-ring (bicyclic) bond motifs is 1. The van der Waals surface area contributed by atoms with E-state index >= 15 is 0 Å². The number of rotatable bonds is 4. The number of hydrogen-bond acceptors (Lipinski definition) is 5. The van der Waals surface area contributed by atoms with Crippen molar-refractivity contribution in [3.8, 4) is 0 Å². The Bertz CT molecular complexity index is 1100. The van der Waals surface area contributed by atoms with Crippen molar-refractivity contribution in [2.75, 3.05) is 19.7 Å². The number of aryl methyl sites for hydroxylation is 1. The lowest BCUT2D eigenvalue weighted by Gasteiger charge is -2.39. The summed E-state index contributed by atoms with van der Waals surface area (Å²) in [6.07, 6.45) is 1.46. The first-order valence-electron chi connectivity index (χ1n) is 9.06. The van der Waals surface area contributed by atoms with Crippen molar-refractivity contribution < 1.29 is 13.9 Å². The van der Waals surface area contributed by atoms with Crippen LogP contribution in [0.4, 0.5) is 9.18 Å². The number of halogens is 1. The third-order valence-corrected chi connectivity index (χ3v) is 4.96. The molecule has 1 amide bonds. The second kappa shape index (κ2) is 7.16. The first-order valence-corrected chi connectivity index (χ1v) is 9.06. The molecule has 1 aromatic carbocycles. The summed E-state index contributed by atoms with van der Waals surface area (Å²) in [6.45, 7) is 3.33. The monoisotopic (exact) mass is 385 g/mol. The van der Waals surface area contributed by atoms with Crippen LogP contribution in [-0.4, -0.2) is 49.7 Å². The van der Waals surface area contributed by atoms with Crippen LogP contribution in [0.1, 0.15) is 24.2 Å². The minimum absolute atomic E-state index is 0.0788. The molecule has 2 aromatic heterocycles. The Morgan fingerprint density at radius 2 is 2.07 bits per heavy atom. The van der Waals surface area contributed by atoms with Gasteiger partial charge in [0.2, 0.25) is 0 Å². The van der Waals surface area contributed by atoms with Crippen molar-refractivity contribution in [1.29, 1.82) is 0 Å². The van der Waals surface area contributed by atoms with Crippen molar-refractivity contribution in [2.45, 2.75) is 19.4 Å². The molecule has 0 aliphatic carbocycles. The van der Waals surface area contributed by atoms with Crippen LogP contribution in [0.5, 0.6) is 0 Å². The minimum atomic E-state index is -0.489. The molecule has 0 bridgehead atoms. The molecular weight excluding hydrogens is 365 g/mol. The third-order valence-electron chi connectivity index (χ3n) is 4.96. The summed E-state index contributed by atoms with van der Waals surface area (Å²) in [6, 6.07) is 6.08. The zero-order valence-electron chi connectivity index (χ0n) is 15.6. The number of carbonyl (C=O) groups excluding carboxylic acids is 1. The Kier molecular flexibility index (Phi) is 4.68. The van der Waals surface area contributed by atoms with Crippen LogP contribution in [0.3, 0.4) is 0 Å². The average Bonchev–Trinajstić information content (AvgIpc) is 2.91. The SMILES string of the molecule is CCOCc1ncc2c(n1)n(C)c(=O)n2C(=O)N1CC(c2ccccc2F)C1. The van der Waals surface area contributed by atoms with Gasteiger partial charge in [-0.05, 0) is 18.6 Å². The summed E-state index contributed by atoms with van der Waals surface area (Å²) in [4.78, 5) is 35.6. The number of ether oxygens (including phenoxy) is 1. The van der Waals surface area contributed by atoms with Gasteiger partial charge < -0.3 is 9.64 Å². The van der Waals surface area contributed by atoms with Gasteiger partial charge in [0.25, 0.3) is 0 Å². The van der Waals surface area contributed by atoms with E-state index in [-0.39, 0.29) is 18.3 Å². The molecule has 146 valence electrons. The van der Waals surface area contributed by atoms with Gasteiger partial charge in [-0.25, -0.2) is 28.5 Å². The molecule has 3 aromatic rings. The van der Waals surface area contributed by atoms with Gasteiger partial charge in [-0.15, -0.1) is 0 Å². The highest BCUT2D eigenvalue weighted by Crippen LogP contribution is 2.29. The lowest BCUT2D eigenvalue weighted by Crippen LogP contribution is -2.52. The lowest BCUT2D eigenvalue weighted by molar-refractivity contribution is 0.128. The Balaban J connectivity index is 1.59. The van der Waals surface area contributed by atoms with E-state index in [2.05, 4.69) is 9.97 Å². The highest BCUT2D eigenvalue weighted by molar-refractivity contribution is 5.88. The van der Waals surface area contributed by atoms with Crippen LogP contribution in [-0.2, 0) is 18.4 Å². The normalized spacial score (nSPS) is 14.5. The van der Waals surface area contributed by atoms with E-state index in [0.29, 0.717) is 42.2 Å². The summed E-state index contributed by atoms with van der Waals surface area (Å²) in [7, 11) is 1.56. The molecule has 0 unspecified atom stereocenters. The number of aromatic nitrogens is 4. The average molecular weight is 385 g/mol. The molecule has 28 heavy (non-hydrogen) atoms. The van der Waals surface area contributed by atoms with E-state index in [9.17, 15) is 14.0 Å². The maximum absolute atomic E-state index is 13.9. The van der Waals surface area contributed by atoms with E-state index in [0.717, 1.165) is 4.57 Å². The molecule has 0 saturated carbocycles. The number of hydrogen-bond donors (Lipinski definition) is 0. The Morgan fingerprint density at radius 1 is 1.32 bits per heavy atom. The van der Waals surface area contributed by atoms with Crippen LogP contribution >= 0.6 is 0 Å². The van der Waals surface area contributed by atoms with E-state index < -0.39 is 11.7 Å². The maximum atomic E-state index is 13.9. The van der Waals surface area contributed by atoms with Crippen molar-refractivity contribution in [1.82, 2.24) is 24.0 Å². The van der Waals surface area contributed by atoms with Gasteiger partial charge >= 0.3 is 11.7 Å². The van der Waals surface area contributed by atoms with Crippen LogP contribution in [0.2, 0.25) is 0 Å². The predicted molar refractivity (Wildman–Crippen MR) is 99.6 cm³/mol. The number of carbonyl (C=O) groups is 1. The zero-order chi connectivity index (χ0) is 19.8. The van der Waals surface area contributed by atoms with Gasteiger partial charge in [-0.1, -0.05) is 18.2 Å². The summed E-state index contributed by atoms with van der Waals surface area (Å²) in [5, 5.41) is 0. The van der Waals surface area contributed by atoms with Crippen LogP contribution in [0.25, 0.3) is 11.2 Å². The number of imidazole rings is 1. The molecule has 1 aliphatic heterocycles. The van der Waals surface area contributed by atoms with Crippen molar-refractivity contribution in [3.05, 3.63) is 58.2 Å². The molecule has 3 heterocycles. The van der Waals surface area contributed by atoms with Gasteiger partial charge in [0, 0.05) is 32.7 Å². The fraction of sp³-hybridized carbons (Fsp3) is 0.368. The van der Waals surface area contributed by atoms with Gasteiger partial charge in [-0.2, -0.15) is 0 Å². The Hall–Kier alpha value is -3.07. The number of nitrogens with zero attached hydrogens (tertiary/aromatic N) is 5. The first-order chi connectivity index (χ1) is 13.5. The molecule has 0 N–H and O–H groups in total. The highest BCUT2D eigenvalue weighted by Gasteiger charge is 2.35. The number of likely N-dealkylation sites (tertiary alicyclic amines) is 1. The minimum Gasteiger partial charge on any atom is -0.374 e. The topological polar surface area (TPSA) is 82.2 Å². The van der Waals surface area contributed by atoms with E-state index in [4.69, 9.17) is 4.74 Å². The fourth-order valence-corrected chi connectivity index (χ4v) is 3.38. The second-order valence-corrected chi connectivity index (χ2v) is 6.72. The molecule has 0 radical (unpaired) electrons. The summed E-state index contributed by atoms with van der Waals surface area (Å²) in [5.74, 6) is 0.0835. The predicted octanol–water partition coefficient (Wildman–Crippen LogP) is 1.87. The van der Waals surface area contributed by atoms with Crippen molar-refractivity contribution in [3.63, 3.8) is 0 Å². The van der Waals surface area contributed by atoms with Crippen molar-refractivity contribution >= 4 is 17.2 Å². The molecule has 9 heteroatoms. The second-order valence-electron chi connectivity index (χ2n) is 6.72. The smallest absolute Gasteiger partial charge is 0.338 e. The molecule has 1 fully saturated rings. The van der Waals surface area contributed by atoms with Gasteiger partial charge in [-0.3, -0.25) is 4.57 Å². The molecule has 8 nitrogen and oxygen atoms in total.